The molecule has 88 valence electrons. The average Bonchev–Trinajstić information content (AvgIpc) is 2.27. The Morgan fingerprint density at radius 2 is 2.12 bits per heavy atom. The zero-order valence-corrected chi connectivity index (χ0v) is 9.91. The number of pyridine rings is 1. The summed E-state index contributed by atoms with van der Waals surface area (Å²) in [4.78, 5) is 25.3. The van der Waals surface area contributed by atoms with E-state index in [1.807, 2.05) is 6.92 Å². The first-order valence-electron chi connectivity index (χ1n) is 5.54. The van der Waals surface area contributed by atoms with Crippen LogP contribution in [0, 0.1) is 5.92 Å². The largest absolute Gasteiger partial charge is 0.348 e. The second kappa shape index (κ2) is 5.49. The van der Waals surface area contributed by atoms with Gasteiger partial charge >= 0.3 is 0 Å². The number of aromatic amines is 1. The van der Waals surface area contributed by atoms with Gasteiger partial charge in [0.2, 0.25) is 5.56 Å². The molecule has 0 fully saturated rings. The maximum Gasteiger partial charge on any atom is 0.268 e. The van der Waals surface area contributed by atoms with E-state index in [1.165, 1.54) is 6.07 Å². The summed E-state index contributed by atoms with van der Waals surface area (Å²) in [6.45, 7) is 6.13. The number of amides is 1. The summed E-state index contributed by atoms with van der Waals surface area (Å²) < 4.78 is 0. The fraction of sp³-hybridized carbons (Fsp3) is 0.500. The first kappa shape index (κ1) is 12.5. The molecule has 1 amide bonds. The average molecular weight is 222 g/mol. The third-order valence-electron chi connectivity index (χ3n) is 2.87. The molecule has 2 atom stereocenters. The number of rotatable bonds is 4. The Bertz CT molecular complexity index is 411. The van der Waals surface area contributed by atoms with Crippen LogP contribution in [0.2, 0.25) is 0 Å². The maximum absolute atomic E-state index is 11.7. The van der Waals surface area contributed by atoms with E-state index in [2.05, 4.69) is 24.1 Å². The predicted molar refractivity (Wildman–Crippen MR) is 63.4 cm³/mol. The van der Waals surface area contributed by atoms with Gasteiger partial charge in [-0.25, -0.2) is 0 Å². The summed E-state index contributed by atoms with van der Waals surface area (Å²) in [6.07, 6.45) is 1.01. The van der Waals surface area contributed by atoms with Gasteiger partial charge in [0.25, 0.3) is 5.91 Å². The van der Waals surface area contributed by atoms with Crippen LogP contribution in [-0.4, -0.2) is 16.9 Å². The van der Waals surface area contributed by atoms with Gasteiger partial charge in [-0.15, -0.1) is 0 Å². The van der Waals surface area contributed by atoms with Crippen LogP contribution in [0.25, 0.3) is 0 Å². The van der Waals surface area contributed by atoms with Gasteiger partial charge in [0, 0.05) is 12.1 Å². The Morgan fingerprint density at radius 3 is 2.69 bits per heavy atom. The summed E-state index contributed by atoms with van der Waals surface area (Å²) in [7, 11) is 0. The fourth-order valence-corrected chi connectivity index (χ4v) is 1.36. The molecule has 2 N–H and O–H groups in total. The summed E-state index contributed by atoms with van der Waals surface area (Å²) in [6, 6.07) is 4.65. The van der Waals surface area contributed by atoms with E-state index in [0.717, 1.165) is 6.42 Å². The van der Waals surface area contributed by atoms with Crippen LogP contribution in [0.1, 0.15) is 37.7 Å². The van der Waals surface area contributed by atoms with Crippen molar-refractivity contribution in [2.75, 3.05) is 0 Å². The van der Waals surface area contributed by atoms with Gasteiger partial charge in [-0.2, -0.15) is 0 Å². The number of hydrogen-bond donors (Lipinski definition) is 2. The van der Waals surface area contributed by atoms with Crippen molar-refractivity contribution in [2.45, 2.75) is 33.2 Å². The van der Waals surface area contributed by atoms with Gasteiger partial charge in [-0.3, -0.25) is 9.59 Å². The van der Waals surface area contributed by atoms with Crippen molar-refractivity contribution in [3.05, 3.63) is 34.2 Å². The molecule has 4 heteroatoms. The van der Waals surface area contributed by atoms with Gasteiger partial charge in [0.15, 0.2) is 0 Å². The molecule has 1 rings (SSSR count). The molecule has 0 saturated carbocycles. The smallest absolute Gasteiger partial charge is 0.268 e. The molecular weight excluding hydrogens is 204 g/mol. The second-order valence-corrected chi connectivity index (χ2v) is 4.08. The van der Waals surface area contributed by atoms with Crippen LogP contribution >= 0.6 is 0 Å². The number of carbonyl (C=O) groups excluding carboxylic acids is 1. The van der Waals surface area contributed by atoms with Crippen LogP contribution < -0.4 is 10.9 Å². The van der Waals surface area contributed by atoms with Gasteiger partial charge in [-0.05, 0) is 18.9 Å². The molecule has 0 bridgehead atoms. The molecule has 1 aromatic heterocycles. The third-order valence-corrected chi connectivity index (χ3v) is 2.87. The molecule has 0 spiro atoms. The monoisotopic (exact) mass is 222 g/mol. The minimum Gasteiger partial charge on any atom is -0.348 e. The molecule has 0 saturated heterocycles. The van der Waals surface area contributed by atoms with E-state index >= 15 is 0 Å². The minimum absolute atomic E-state index is 0.0983. The minimum atomic E-state index is -0.260. The summed E-state index contributed by atoms with van der Waals surface area (Å²) in [5.74, 6) is 0.185. The molecule has 0 aliphatic heterocycles. The standard InChI is InChI=1S/C12H18N2O2/c1-4-8(2)9(3)13-12(16)10-6-5-7-11(15)14-10/h5-9H,4H2,1-3H3,(H,13,16)(H,14,15). The maximum atomic E-state index is 11.7. The molecule has 16 heavy (non-hydrogen) atoms. The fourth-order valence-electron chi connectivity index (χ4n) is 1.36. The van der Waals surface area contributed by atoms with Crippen LogP contribution in [0.15, 0.2) is 23.0 Å². The van der Waals surface area contributed by atoms with Crippen molar-refractivity contribution in [2.24, 2.45) is 5.92 Å². The highest BCUT2D eigenvalue weighted by Crippen LogP contribution is 2.07. The number of aromatic nitrogens is 1. The van der Waals surface area contributed by atoms with Crippen molar-refractivity contribution in [1.82, 2.24) is 10.3 Å². The van der Waals surface area contributed by atoms with Gasteiger partial charge in [0.05, 0.1) is 0 Å². The normalized spacial score (nSPS) is 14.2. The van der Waals surface area contributed by atoms with E-state index < -0.39 is 0 Å². The van der Waals surface area contributed by atoms with Crippen molar-refractivity contribution in [3.63, 3.8) is 0 Å². The number of carbonyl (C=O) groups is 1. The summed E-state index contributed by atoms with van der Waals surface area (Å²) >= 11 is 0. The molecular formula is C12H18N2O2. The van der Waals surface area contributed by atoms with E-state index in [9.17, 15) is 9.59 Å². The second-order valence-electron chi connectivity index (χ2n) is 4.08. The molecule has 0 aliphatic rings. The number of hydrogen-bond acceptors (Lipinski definition) is 2. The first-order valence-corrected chi connectivity index (χ1v) is 5.54. The lowest BCUT2D eigenvalue weighted by Gasteiger charge is -2.19. The van der Waals surface area contributed by atoms with Crippen molar-refractivity contribution in [3.8, 4) is 0 Å². The Balaban J connectivity index is 2.69. The van der Waals surface area contributed by atoms with Crippen LogP contribution in [0.3, 0.4) is 0 Å². The van der Waals surface area contributed by atoms with Crippen molar-refractivity contribution in [1.29, 1.82) is 0 Å². The van der Waals surface area contributed by atoms with Crippen molar-refractivity contribution >= 4 is 5.91 Å². The molecule has 4 nitrogen and oxygen atoms in total. The van der Waals surface area contributed by atoms with Gasteiger partial charge in [-0.1, -0.05) is 26.3 Å². The molecule has 1 aromatic rings. The SMILES string of the molecule is CCC(C)C(C)NC(=O)c1cccc(=O)[nH]1. The number of H-pyrrole nitrogens is 1. The molecule has 2 unspecified atom stereocenters. The van der Waals surface area contributed by atoms with Crippen molar-refractivity contribution < 1.29 is 4.79 Å². The molecule has 1 heterocycles. The molecule has 0 radical (unpaired) electrons. The van der Waals surface area contributed by atoms with E-state index in [1.54, 1.807) is 12.1 Å². The van der Waals surface area contributed by atoms with Gasteiger partial charge in [0.1, 0.15) is 5.69 Å². The zero-order valence-electron chi connectivity index (χ0n) is 9.91. The Hall–Kier alpha value is -1.58. The Morgan fingerprint density at radius 1 is 1.44 bits per heavy atom. The number of nitrogens with one attached hydrogen (secondary N) is 2. The topological polar surface area (TPSA) is 62.0 Å². The van der Waals surface area contributed by atoms with E-state index in [0.29, 0.717) is 11.6 Å². The summed E-state index contributed by atoms with van der Waals surface area (Å²) in [5.41, 5.74) is 0.0477. The third kappa shape index (κ3) is 3.22. The Labute approximate surface area is 95.1 Å². The highest BCUT2D eigenvalue weighted by molar-refractivity contribution is 5.92. The predicted octanol–water partition coefficient (Wildman–Crippen LogP) is 1.54. The van der Waals surface area contributed by atoms with Crippen LogP contribution in [-0.2, 0) is 0 Å². The van der Waals surface area contributed by atoms with Crippen LogP contribution in [0.4, 0.5) is 0 Å². The van der Waals surface area contributed by atoms with Crippen LogP contribution in [0.5, 0.6) is 0 Å². The lowest BCUT2D eigenvalue weighted by Crippen LogP contribution is -2.37. The van der Waals surface area contributed by atoms with E-state index in [-0.39, 0.29) is 17.5 Å². The first-order chi connectivity index (χ1) is 7.54. The summed E-state index contributed by atoms with van der Waals surface area (Å²) in [5, 5.41) is 2.86. The Kier molecular flexibility index (Phi) is 4.28. The highest BCUT2D eigenvalue weighted by atomic mass is 16.2. The highest BCUT2D eigenvalue weighted by Gasteiger charge is 2.14. The zero-order chi connectivity index (χ0) is 12.1. The lowest BCUT2D eigenvalue weighted by atomic mass is 10.0. The van der Waals surface area contributed by atoms with Gasteiger partial charge < -0.3 is 10.3 Å². The lowest BCUT2D eigenvalue weighted by molar-refractivity contribution is 0.0923. The van der Waals surface area contributed by atoms with E-state index in [4.69, 9.17) is 0 Å². The quantitative estimate of drug-likeness (QED) is 0.811. The molecule has 0 aromatic carbocycles. The molecule has 0 aliphatic carbocycles.